The molecule has 28 heavy (non-hydrogen) atoms. The van der Waals surface area contributed by atoms with Gasteiger partial charge in [-0.1, -0.05) is 54.3 Å². The van der Waals surface area contributed by atoms with Gasteiger partial charge in [0.25, 0.3) is 0 Å². The summed E-state index contributed by atoms with van der Waals surface area (Å²) in [5, 5.41) is 22.1. The summed E-state index contributed by atoms with van der Waals surface area (Å²) in [5.41, 5.74) is 1.37. The quantitative estimate of drug-likeness (QED) is 0.500. The molecule has 0 fully saturated rings. The molecule has 0 saturated carbocycles. The first-order chi connectivity index (χ1) is 13.5. The van der Waals surface area contributed by atoms with Crippen LogP contribution in [0.2, 0.25) is 0 Å². The first-order valence-corrected chi connectivity index (χ1v) is 8.57. The van der Waals surface area contributed by atoms with Gasteiger partial charge in [0.05, 0.1) is 11.1 Å². The van der Waals surface area contributed by atoms with Crippen molar-refractivity contribution in [2.24, 2.45) is 0 Å². The van der Waals surface area contributed by atoms with Crippen LogP contribution in [0.5, 0.6) is 0 Å². The molecular weight excluding hydrogens is 352 g/mol. The summed E-state index contributed by atoms with van der Waals surface area (Å²) in [5.74, 6) is 3.93. The summed E-state index contributed by atoms with van der Waals surface area (Å²) >= 11 is 0. The van der Waals surface area contributed by atoms with Gasteiger partial charge in [-0.2, -0.15) is 0 Å². The Hall–Kier alpha value is -4.10. The summed E-state index contributed by atoms with van der Waals surface area (Å²) in [4.78, 5) is 22.9. The molecule has 0 atom stereocenters. The average Bonchev–Trinajstić information content (AvgIpc) is 2.71. The van der Waals surface area contributed by atoms with Crippen LogP contribution in [0.4, 0.5) is 0 Å². The number of aromatic carboxylic acids is 2. The highest BCUT2D eigenvalue weighted by Crippen LogP contribution is 2.24. The summed E-state index contributed by atoms with van der Waals surface area (Å²) in [6.45, 7) is 0. The third-order valence-corrected chi connectivity index (χ3v) is 4.58. The van der Waals surface area contributed by atoms with Gasteiger partial charge in [0.1, 0.15) is 0 Å². The van der Waals surface area contributed by atoms with E-state index in [1.54, 1.807) is 12.1 Å². The van der Waals surface area contributed by atoms with E-state index in [0.717, 1.165) is 16.3 Å². The minimum Gasteiger partial charge on any atom is -0.478 e. The van der Waals surface area contributed by atoms with Crippen LogP contribution in [0.3, 0.4) is 0 Å². The second-order valence-electron chi connectivity index (χ2n) is 6.35. The molecule has 0 aliphatic rings. The number of hydrogen-bond acceptors (Lipinski definition) is 2. The summed E-state index contributed by atoms with van der Waals surface area (Å²) in [6.07, 6.45) is 0. The first kappa shape index (κ1) is 17.3. The van der Waals surface area contributed by atoms with Crippen molar-refractivity contribution >= 4 is 33.5 Å². The maximum absolute atomic E-state index is 11.7. The van der Waals surface area contributed by atoms with Crippen LogP contribution in [-0.2, 0) is 0 Å². The lowest BCUT2D eigenvalue weighted by atomic mass is 9.97. The van der Waals surface area contributed by atoms with E-state index >= 15 is 0 Å². The molecule has 2 N–H and O–H groups in total. The van der Waals surface area contributed by atoms with Crippen molar-refractivity contribution in [3.8, 4) is 11.8 Å². The highest BCUT2D eigenvalue weighted by Gasteiger charge is 2.13. The molecular formula is C24H14O4. The topological polar surface area (TPSA) is 74.6 Å². The molecule has 4 aromatic carbocycles. The Morgan fingerprint density at radius 1 is 0.679 bits per heavy atom. The van der Waals surface area contributed by atoms with Gasteiger partial charge in [-0.3, -0.25) is 0 Å². The van der Waals surface area contributed by atoms with Crippen LogP contribution < -0.4 is 0 Å². The average molecular weight is 366 g/mol. The molecule has 0 aromatic heterocycles. The lowest BCUT2D eigenvalue weighted by molar-refractivity contribution is 0.0685. The van der Waals surface area contributed by atoms with Crippen molar-refractivity contribution in [1.29, 1.82) is 0 Å². The Morgan fingerprint density at radius 3 is 2.18 bits per heavy atom. The minimum absolute atomic E-state index is 0.0869. The summed E-state index contributed by atoms with van der Waals surface area (Å²) in [6, 6.07) is 21.4. The Balaban J connectivity index is 1.88. The van der Waals surface area contributed by atoms with E-state index < -0.39 is 11.9 Å². The Bertz CT molecular complexity index is 1320. The van der Waals surface area contributed by atoms with Gasteiger partial charge in [0, 0.05) is 11.1 Å². The van der Waals surface area contributed by atoms with Crippen LogP contribution in [0.15, 0.2) is 72.8 Å². The molecule has 0 aliphatic carbocycles. The Kier molecular flexibility index (Phi) is 4.27. The predicted molar refractivity (Wildman–Crippen MR) is 108 cm³/mol. The molecule has 0 radical (unpaired) electrons. The maximum Gasteiger partial charge on any atom is 0.336 e. The van der Waals surface area contributed by atoms with Crippen molar-refractivity contribution in [3.63, 3.8) is 0 Å². The van der Waals surface area contributed by atoms with Crippen molar-refractivity contribution in [2.75, 3.05) is 0 Å². The fraction of sp³-hybridized carbons (Fsp3) is 0. The SMILES string of the molecule is O=C(O)c1ccc2c(C#Cc3ccc4ccccc4c3)c(C(=O)O)ccc2c1. The monoisotopic (exact) mass is 366 g/mol. The zero-order valence-electron chi connectivity index (χ0n) is 14.6. The Morgan fingerprint density at radius 2 is 1.43 bits per heavy atom. The zero-order chi connectivity index (χ0) is 19.7. The van der Waals surface area contributed by atoms with Gasteiger partial charge in [-0.25, -0.2) is 9.59 Å². The molecule has 0 spiro atoms. The van der Waals surface area contributed by atoms with Gasteiger partial charge in [0.15, 0.2) is 0 Å². The number of benzene rings is 4. The van der Waals surface area contributed by atoms with E-state index in [2.05, 4.69) is 11.8 Å². The van der Waals surface area contributed by atoms with Gasteiger partial charge in [0.2, 0.25) is 0 Å². The third-order valence-electron chi connectivity index (χ3n) is 4.58. The molecule has 4 heteroatoms. The molecule has 0 unspecified atom stereocenters. The molecule has 4 rings (SSSR count). The smallest absolute Gasteiger partial charge is 0.336 e. The highest BCUT2D eigenvalue weighted by molar-refractivity contribution is 6.02. The van der Waals surface area contributed by atoms with Gasteiger partial charge in [-0.15, -0.1) is 0 Å². The second kappa shape index (κ2) is 6.90. The predicted octanol–water partition coefficient (Wildman–Crippen LogP) is 4.79. The minimum atomic E-state index is -1.08. The standard InChI is InChI=1S/C24H14O4/c25-23(26)19-9-11-20-18(14-19)8-12-22(24(27)28)21(20)10-6-15-5-7-16-3-1-2-4-17(16)13-15/h1-5,7-9,11-14H,(H,25,26)(H,27,28). The molecule has 0 amide bonds. The van der Waals surface area contributed by atoms with Gasteiger partial charge < -0.3 is 10.2 Å². The molecule has 0 bridgehead atoms. The van der Waals surface area contributed by atoms with Crippen LogP contribution >= 0.6 is 0 Å². The van der Waals surface area contributed by atoms with Crippen molar-refractivity contribution < 1.29 is 19.8 Å². The molecule has 134 valence electrons. The number of hydrogen-bond donors (Lipinski definition) is 2. The third kappa shape index (κ3) is 3.17. The molecule has 4 nitrogen and oxygen atoms in total. The second-order valence-corrected chi connectivity index (χ2v) is 6.35. The Labute approximate surface area is 160 Å². The number of carboxylic acid groups (broad SMARTS) is 2. The van der Waals surface area contributed by atoms with Crippen molar-refractivity contribution in [1.82, 2.24) is 0 Å². The normalized spacial score (nSPS) is 10.4. The van der Waals surface area contributed by atoms with Crippen LogP contribution in [0, 0.1) is 11.8 Å². The van der Waals surface area contributed by atoms with E-state index in [-0.39, 0.29) is 11.1 Å². The molecule has 0 saturated heterocycles. The lowest BCUT2D eigenvalue weighted by Gasteiger charge is -2.06. The van der Waals surface area contributed by atoms with E-state index in [1.165, 1.54) is 18.2 Å². The van der Waals surface area contributed by atoms with Gasteiger partial charge >= 0.3 is 11.9 Å². The molecule has 0 heterocycles. The van der Waals surface area contributed by atoms with Crippen LogP contribution in [0.1, 0.15) is 31.8 Å². The van der Waals surface area contributed by atoms with E-state index in [1.807, 2.05) is 42.5 Å². The fourth-order valence-electron chi connectivity index (χ4n) is 3.18. The van der Waals surface area contributed by atoms with E-state index in [0.29, 0.717) is 16.3 Å². The number of carbonyl (C=O) groups is 2. The zero-order valence-corrected chi connectivity index (χ0v) is 14.6. The summed E-state index contributed by atoms with van der Waals surface area (Å²) < 4.78 is 0. The van der Waals surface area contributed by atoms with E-state index in [4.69, 9.17) is 0 Å². The number of rotatable bonds is 2. The fourth-order valence-corrected chi connectivity index (χ4v) is 3.18. The van der Waals surface area contributed by atoms with Crippen LogP contribution in [-0.4, -0.2) is 22.2 Å². The van der Waals surface area contributed by atoms with E-state index in [9.17, 15) is 19.8 Å². The number of fused-ring (bicyclic) bond motifs is 2. The summed E-state index contributed by atoms with van der Waals surface area (Å²) in [7, 11) is 0. The maximum atomic E-state index is 11.7. The van der Waals surface area contributed by atoms with Crippen molar-refractivity contribution in [3.05, 3.63) is 95.1 Å². The first-order valence-electron chi connectivity index (χ1n) is 8.57. The van der Waals surface area contributed by atoms with Crippen LogP contribution in [0.25, 0.3) is 21.5 Å². The lowest BCUT2D eigenvalue weighted by Crippen LogP contribution is -2.02. The van der Waals surface area contributed by atoms with Gasteiger partial charge in [-0.05, 0) is 51.9 Å². The molecule has 0 aliphatic heterocycles. The largest absolute Gasteiger partial charge is 0.478 e. The van der Waals surface area contributed by atoms with Crippen molar-refractivity contribution in [2.45, 2.75) is 0 Å². The number of carboxylic acids is 2. The molecule has 4 aromatic rings. The highest BCUT2D eigenvalue weighted by atomic mass is 16.4.